The van der Waals surface area contributed by atoms with Gasteiger partial charge in [0.1, 0.15) is 5.82 Å². The van der Waals surface area contributed by atoms with E-state index in [4.69, 9.17) is 0 Å². The largest absolute Gasteiger partial charge is 0.357 e. The molecule has 7 nitrogen and oxygen atoms in total. The third-order valence-electron chi connectivity index (χ3n) is 4.37. The zero-order valence-electron chi connectivity index (χ0n) is 17.9. The van der Waals surface area contributed by atoms with E-state index in [1.165, 1.54) is 12.1 Å². The van der Waals surface area contributed by atoms with E-state index in [-0.39, 0.29) is 5.56 Å². The molecule has 1 heterocycles. The molecule has 0 radical (unpaired) electrons. The van der Waals surface area contributed by atoms with E-state index in [1.807, 2.05) is 36.8 Å². The molecule has 0 aliphatic carbocycles. The third-order valence-corrected chi connectivity index (χ3v) is 4.37. The Bertz CT molecular complexity index is 845. The molecule has 0 spiro atoms. The van der Waals surface area contributed by atoms with Crippen LogP contribution < -0.4 is 10.6 Å². The summed E-state index contributed by atoms with van der Waals surface area (Å²) in [6.07, 6.45) is 2.03. The Morgan fingerprint density at radius 3 is 2.69 bits per heavy atom. The molecule has 8 heteroatoms. The Labute approximate surface area is 172 Å². The standard InChI is InChI=1S/C21H31FN6O/c1-6-23-21(27(4)13-16-14-28(5)26-19(16)15(2)3)25-12-11-24-20(29)17-9-7-8-10-18(17)22/h7-10,14-15H,6,11-13H2,1-5H3,(H,23,25)(H,24,29). The molecule has 2 rings (SSSR count). The topological polar surface area (TPSA) is 74.6 Å². The van der Waals surface area contributed by atoms with Crippen molar-refractivity contribution in [3.05, 3.63) is 53.1 Å². The second-order valence-electron chi connectivity index (χ2n) is 7.20. The molecule has 1 aromatic carbocycles. The summed E-state index contributed by atoms with van der Waals surface area (Å²) in [6, 6.07) is 5.93. The first-order valence-corrected chi connectivity index (χ1v) is 9.88. The highest BCUT2D eigenvalue weighted by molar-refractivity contribution is 5.94. The number of rotatable bonds is 8. The second kappa shape index (κ2) is 10.6. The molecule has 0 bridgehead atoms. The molecule has 0 saturated carbocycles. The van der Waals surface area contributed by atoms with Gasteiger partial charge in [0, 0.05) is 45.5 Å². The Morgan fingerprint density at radius 2 is 2.03 bits per heavy atom. The second-order valence-corrected chi connectivity index (χ2v) is 7.20. The predicted octanol–water partition coefficient (Wildman–Crippen LogP) is 2.51. The highest BCUT2D eigenvalue weighted by Crippen LogP contribution is 2.18. The van der Waals surface area contributed by atoms with Crippen LogP contribution in [-0.4, -0.2) is 53.2 Å². The van der Waals surface area contributed by atoms with Crippen LogP contribution in [0.1, 0.15) is 48.3 Å². The summed E-state index contributed by atoms with van der Waals surface area (Å²) in [7, 11) is 3.89. The van der Waals surface area contributed by atoms with E-state index in [9.17, 15) is 9.18 Å². The van der Waals surface area contributed by atoms with Crippen molar-refractivity contribution in [2.45, 2.75) is 33.2 Å². The minimum atomic E-state index is -0.529. The van der Waals surface area contributed by atoms with Gasteiger partial charge in [0.05, 0.1) is 17.8 Å². The SMILES string of the molecule is CCNC(=NCCNC(=O)c1ccccc1F)N(C)Cc1cn(C)nc1C(C)C. The maximum Gasteiger partial charge on any atom is 0.254 e. The van der Waals surface area contributed by atoms with Gasteiger partial charge in [0.2, 0.25) is 0 Å². The molecule has 0 aliphatic rings. The van der Waals surface area contributed by atoms with Gasteiger partial charge in [-0.05, 0) is 25.0 Å². The van der Waals surface area contributed by atoms with Crippen LogP contribution in [0, 0.1) is 5.82 Å². The number of nitrogens with one attached hydrogen (secondary N) is 2. The van der Waals surface area contributed by atoms with Crippen LogP contribution >= 0.6 is 0 Å². The summed E-state index contributed by atoms with van der Waals surface area (Å²) < 4.78 is 15.5. The summed E-state index contributed by atoms with van der Waals surface area (Å²) in [4.78, 5) is 18.7. The Morgan fingerprint density at radius 1 is 1.31 bits per heavy atom. The number of carbonyl (C=O) groups excluding carboxylic acids is 1. The van der Waals surface area contributed by atoms with Gasteiger partial charge in [0.15, 0.2) is 5.96 Å². The zero-order valence-corrected chi connectivity index (χ0v) is 17.9. The van der Waals surface area contributed by atoms with Gasteiger partial charge in [-0.1, -0.05) is 26.0 Å². The van der Waals surface area contributed by atoms with Crippen LogP contribution in [-0.2, 0) is 13.6 Å². The quantitative estimate of drug-likeness (QED) is 0.404. The van der Waals surface area contributed by atoms with E-state index in [0.717, 1.165) is 23.8 Å². The van der Waals surface area contributed by atoms with Gasteiger partial charge in [-0.2, -0.15) is 5.10 Å². The number of amides is 1. The van der Waals surface area contributed by atoms with Crippen molar-refractivity contribution in [2.24, 2.45) is 12.0 Å². The number of halogens is 1. The molecule has 1 aromatic heterocycles. The molecule has 0 atom stereocenters. The molecule has 2 N–H and O–H groups in total. The molecule has 158 valence electrons. The Kier molecular flexibility index (Phi) is 8.18. The lowest BCUT2D eigenvalue weighted by Crippen LogP contribution is -2.39. The first-order valence-electron chi connectivity index (χ1n) is 9.88. The van der Waals surface area contributed by atoms with E-state index < -0.39 is 11.7 Å². The maximum absolute atomic E-state index is 13.7. The fraction of sp³-hybridized carbons (Fsp3) is 0.476. The first-order chi connectivity index (χ1) is 13.8. The molecular weight excluding hydrogens is 371 g/mol. The highest BCUT2D eigenvalue weighted by Gasteiger charge is 2.15. The van der Waals surface area contributed by atoms with Crippen molar-refractivity contribution in [1.82, 2.24) is 25.3 Å². The molecule has 29 heavy (non-hydrogen) atoms. The fourth-order valence-electron chi connectivity index (χ4n) is 3.03. The monoisotopic (exact) mass is 402 g/mol. The van der Waals surface area contributed by atoms with E-state index in [2.05, 4.69) is 34.6 Å². The summed E-state index contributed by atoms with van der Waals surface area (Å²) in [5.41, 5.74) is 2.27. The Balaban J connectivity index is 1.97. The molecular formula is C21H31FN6O. The average molecular weight is 403 g/mol. The number of aromatic nitrogens is 2. The molecule has 0 fully saturated rings. The molecule has 0 saturated heterocycles. The van der Waals surface area contributed by atoms with Crippen LogP contribution in [0.15, 0.2) is 35.5 Å². The number of aryl methyl sites for hydroxylation is 1. The summed E-state index contributed by atoms with van der Waals surface area (Å²) in [5, 5.41) is 10.5. The van der Waals surface area contributed by atoms with E-state index >= 15 is 0 Å². The normalized spacial score (nSPS) is 11.6. The average Bonchev–Trinajstić information content (AvgIpc) is 3.04. The van der Waals surface area contributed by atoms with Crippen molar-refractivity contribution >= 4 is 11.9 Å². The Hall–Kier alpha value is -2.90. The van der Waals surface area contributed by atoms with Gasteiger partial charge in [-0.3, -0.25) is 14.5 Å². The fourth-order valence-corrected chi connectivity index (χ4v) is 3.03. The van der Waals surface area contributed by atoms with Crippen LogP contribution in [0.2, 0.25) is 0 Å². The van der Waals surface area contributed by atoms with E-state index in [1.54, 1.807) is 12.1 Å². The molecule has 0 aliphatic heterocycles. The van der Waals surface area contributed by atoms with Crippen molar-refractivity contribution in [2.75, 3.05) is 26.7 Å². The van der Waals surface area contributed by atoms with Crippen LogP contribution in [0.5, 0.6) is 0 Å². The van der Waals surface area contributed by atoms with Crippen molar-refractivity contribution in [1.29, 1.82) is 0 Å². The lowest BCUT2D eigenvalue weighted by atomic mass is 10.1. The minimum absolute atomic E-state index is 0.0401. The maximum atomic E-state index is 13.7. The minimum Gasteiger partial charge on any atom is -0.357 e. The van der Waals surface area contributed by atoms with Gasteiger partial charge in [0.25, 0.3) is 5.91 Å². The van der Waals surface area contributed by atoms with Crippen molar-refractivity contribution in [3.63, 3.8) is 0 Å². The third kappa shape index (κ3) is 6.30. The van der Waals surface area contributed by atoms with Gasteiger partial charge in [-0.25, -0.2) is 4.39 Å². The number of carbonyl (C=O) groups is 1. The van der Waals surface area contributed by atoms with Gasteiger partial charge in [-0.15, -0.1) is 0 Å². The van der Waals surface area contributed by atoms with Crippen molar-refractivity contribution < 1.29 is 9.18 Å². The van der Waals surface area contributed by atoms with Crippen LogP contribution in [0.4, 0.5) is 4.39 Å². The molecule has 2 aromatic rings. The van der Waals surface area contributed by atoms with Gasteiger partial charge >= 0.3 is 0 Å². The smallest absolute Gasteiger partial charge is 0.254 e. The number of guanidine groups is 1. The number of hydrogen-bond donors (Lipinski definition) is 2. The first kappa shape index (κ1) is 22.4. The van der Waals surface area contributed by atoms with E-state index in [0.29, 0.717) is 25.6 Å². The molecule has 0 unspecified atom stereocenters. The van der Waals surface area contributed by atoms with Crippen molar-refractivity contribution in [3.8, 4) is 0 Å². The highest BCUT2D eigenvalue weighted by atomic mass is 19.1. The summed E-state index contributed by atoms with van der Waals surface area (Å²) >= 11 is 0. The van der Waals surface area contributed by atoms with Crippen LogP contribution in [0.25, 0.3) is 0 Å². The molecule has 1 amide bonds. The summed E-state index contributed by atoms with van der Waals surface area (Å²) in [6.45, 7) is 8.38. The number of aliphatic imine (C=N–C) groups is 1. The number of benzene rings is 1. The zero-order chi connectivity index (χ0) is 21.4. The lowest BCUT2D eigenvalue weighted by Gasteiger charge is -2.22. The number of hydrogen-bond acceptors (Lipinski definition) is 3. The lowest BCUT2D eigenvalue weighted by molar-refractivity contribution is 0.0950. The predicted molar refractivity (Wildman–Crippen MR) is 113 cm³/mol. The van der Waals surface area contributed by atoms with Crippen LogP contribution in [0.3, 0.4) is 0 Å². The number of nitrogens with zero attached hydrogens (tertiary/aromatic N) is 4. The summed E-state index contributed by atoms with van der Waals surface area (Å²) in [5.74, 6) is 0.117. The van der Waals surface area contributed by atoms with Gasteiger partial charge < -0.3 is 15.5 Å².